The van der Waals surface area contributed by atoms with Gasteiger partial charge in [0, 0.05) is 12.1 Å². The third-order valence-electron chi connectivity index (χ3n) is 4.41. The second-order valence-corrected chi connectivity index (χ2v) is 8.32. The summed E-state index contributed by atoms with van der Waals surface area (Å²) in [5.74, 6) is -0.995. The summed E-state index contributed by atoms with van der Waals surface area (Å²) in [4.78, 5) is 22.9. The molecule has 0 aliphatic heterocycles. The average Bonchev–Trinajstić information content (AvgIpc) is 2.74. The van der Waals surface area contributed by atoms with E-state index in [1.165, 1.54) is 42.5 Å². The minimum absolute atomic E-state index is 0.00673. The molecule has 0 aliphatic carbocycles. The lowest BCUT2D eigenvalue weighted by Gasteiger charge is -2.13. The third kappa shape index (κ3) is 5.26. The number of carbonyl (C=O) groups excluding carboxylic acids is 1. The fourth-order valence-electron chi connectivity index (χ4n) is 2.83. The standard InChI is InChI=1S/C22H19NO7S/c1-15-10-11-16(2)21(12-15)31(27,28)30-20-9-4-3-8-19(20)22(24)29-14-17-6-5-7-18(13-17)23(25)26/h3-13H,14H2,1-2H3. The zero-order chi connectivity index (χ0) is 22.6. The first kappa shape index (κ1) is 22.0. The van der Waals surface area contributed by atoms with Gasteiger partial charge in [-0.15, -0.1) is 0 Å². The van der Waals surface area contributed by atoms with Crippen molar-refractivity contribution in [3.05, 3.63) is 99.1 Å². The van der Waals surface area contributed by atoms with Gasteiger partial charge in [0.15, 0.2) is 5.75 Å². The van der Waals surface area contributed by atoms with E-state index in [0.717, 1.165) is 5.56 Å². The van der Waals surface area contributed by atoms with Gasteiger partial charge in [-0.25, -0.2) is 4.79 Å². The van der Waals surface area contributed by atoms with Crippen LogP contribution in [0.3, 0.4) is 0 Å². The van der Waals surface area contributed by atoms with Gasteiger partial charge in [-0.1, -0.05) is 36.4 Å². The minimum Gasteiger partial charge on any atom is -0.457 e. The number of nitro benzene ring substituents is 1. The Balaban J connectivity index is 1.81. The van der Waals surface area contributed by atoms with E-state index in [9.17, 15) is 23.3 Å². The topological polar surface area (TPSA) is 113 Å². The molecular weight excluding hydrogens is 422 g/mol. The van der Waals surface area contributed by atoms with Gasteiger partial charge in [0.1, 0.15) is 17.1 Å². The van der Waals surface area contributed by atoms with Crippen LogP contribution in [0.4, 0.5) is 5.69 Å². The number of benzene rings is 3. The van der Waals surface area contributed by atoms with Crippen LogP contribution >= 0.6 is 0 Å². The van der Waals surface area contributed by atoms with Crippen LogP contribution in [0.25, 0.3) is 0 Å². The van der Waals surface area contributed by atoms with Crippen LogP contribution in [-0.2, 0) is 21.5 Å². The van der Waals surface area contributed by atoms with Gasteiger partial charge in [0.05, 0.1) is 4.92 Å². The molecule has 0 aromatic heterocycles. The lowest BCUT2D eigenvalue weighted by Crippen LogP contribution is -2.15. The first-order chi connectivity index (χ1) is 14.7. The van der Waals surface area contributed by atoms with Crippen LogP contribution in [0, 0.1) is 24.0 Å². The van der Waals surface area contributed by atoms with E-state index in [0.29, 0.717) is 11.1 Å². The number of non-ortho nitro benzene ring substituents is 1. The van der Waals surface area contributed by atoms with Crippen LogP contribution in [0.1, 0.15) is 27.0 Å². The van der Waals surface area contributed by atoms with Crippen LogP contribution in [-0.4, -0.2) is 19.3 Å². The molecule has 0 bridgehead atoms. The van der Waals surface area contributed by atoms with E-state index < -0.39 is 21.0 Å². The summed E-state index contributed by atoms with van der Waals surface area (Å²) < 4.78 is 36.1. The second kappa shape index (κ2) is 8.97. The second-order valence-electron chi connectivity index (χ2n) is 6.81. The predicted octanol–water partition coefficient (Wildman–Crippen LogP) is 4.34. The molecule has 0 saturated heterocycles. The number of nitro groups is 1. The number of ether oxygens (including phenoxy) is 1. The Bertz CT molecular complexity index is 1250. The Morgan fingerprint density at radius 1 is 1.00 bits per heavy atom. The summed E-state index contributed by atoms with van der Waals surface area (Å²) in [5.41, 5.74) is 1.47. The van der Waals surface area contributed by atoms with Crippen LogP contribution < -0.4 is 4.18 Å². The maximum atomic E-state index is 12.8. The maximum Gasteiger partial charge on any atom is 0.342 e. The lowest BCUT2D eigenvalue weighted by atomic mass is 10.2. The van der Waals surface area contributed by atoms with Crippen molar-refractivity contribution in [3.63, 3.8) is 0 Å². The number of carbonyl (C=O) groups is 1. The number of nitrogens with zero attached hydrogens (tertiary/aromatic N) is 1. The molecule has 3 rings (SSSR count). The molecule has 9 heteroatoms. The molecule has 0 aliphatic rings. The molecule has 0 radical (unpaired) electrons. The van der Waals surface area contributed by atoms with Crippen LogP contribution in [0.2, 0.25) is 0 Å². The zero-order valence-electron chi connectivity index (χ0n) is 16.8. The van der Waals surface area contributed by atoms with Crippen molar-refractivity contribution in [2.24, 2.45) is 0 Å². The van der Waals surface area contributed by atoms with Crippen molar-refractivity contribution in [3.8, 4) is 5.75 Å². The van der Waals surface area contributed by atoms with Gasteiger partial charge in [0.25, 0.3) is 5.69 Å². The normalized spacial score (nSPS) is 11.0. The smallest absolute Gasteiger partial charge is 0.342 e. The van der Waals surface area contributed by atoms with Crippen molar-refractivity contribution in [2.75, 3.05) is 0 Å². The molecule has 8 nitrogen and oxygen atoms in total. The molecule has 3 aromatic rings. The number of rotatable bonds is 7. The predicted molar refractivity (Wildman–Crippen MR) is 112 cm³/mol. The molecule has 0 heterocycles. The van der Waals surface area contributed by atoms with Gasteiger partial charge in [0.2, 0.25) is 0 Å². The molecule has 0 fully saturated rings. The highest BCUT2D eigenvalue weighted by atomic mass is 32.2. The maximum absolute atomic E-state index is 12.8. The van der Waals surface area contributed by atoms with E-state index in [1.54, 1.807) is 38.1 Å². The molecule has 31 heavy (non-hydrogen) atoms. The summed E-state index contributed by atoms with van der Waals surface area (Å²) in [6.07, 6.45) is 0. The van der Waals surface area contributed by atoms with Gasteiger partial charge in [-0.05, 0) is 48.7 Å². The lowest BCUT2D eigenvalue weighted by molar-refractivity contribution is -0.384. The Morgan fingerprint density at radius 3 is 2.48 bits per heavy atom. The van der Waals surface area contributed by atoms with Gasteiger partial charge >= 0.3 is 16.1 Å². The Labute approximate surface area is 179 Å². The third-order valence-corrected chi connectivity index (χ3v) is 5.79. The number of hydrogen-bond acceptors (Lipinski definition) is 7. The van der Waals surface area contributed by atoms with Crippen molar-refractivity contribution < 1.29 is 27.1 Å². The average molecular weight is 441 g/mol. The molecule has 160 valence electrons. The summed E-state index contributed by atoms with van der Waals surface area (Å²) in [7, 11) is -4.19. The Kier molecular flexibility index (Phi) is 6.36. The molecular formula is C22H19NO7S. The van der Waals surface area contributed by atoms with E-state index in [-0.39, 0.29) is 28.5 Å². The number of esters is 1. The molecule has 0 N–H and O–H groups in total. The molecule has 0 amide bonds. The van der Waals surface area contributed by atoms with Crippen molar-refractivity contribution in [1.82, 2.24) is 0 Å². The molecule has 3 aromatic carbocycles. The van der Waals surface area contributed by atoms with E-state index in [1.807, 2.05) is 0 Å². The quantitative estimate of drug-likeness (QED) is 0.232. The fraction of sp³-hybridized carbons (Fsp3) is 0.136. The number of para-hydroxylation sites is 1. The monoisotopic (exact) mass is 441 g/mol. The summed E-state index contributed by atoms with van der Waals surface area (Å²) in [6.45, 7) is 3.19. The highest BCUT2D eigenvalue weighted by Crippen LogP contribution is 2.26. The van der Waals surface area contributed by atoms with E-state index >= 15 is 0 Å². The molecule has 0 saturated carbocycles. The summed E-state index contributed by atoms with van der Waals surface area (Å²) >= 11 is 0. The Hall–Kier alpha value is -3.72. The van der Waals surface area contributed by atoms with E-state index in [2.05, 4.69) is 0 Å². The number of hydrogen-bond donors (Lipinski definition) is 0. The van der Waals surface area contributed by atoms with Crippen molar-refractivity contribution in [1.29, 1.82) is 0 Å². The molecule has 0 unspecified atom stereocenters. The fourth-order valence-corrected chi connectivity index (χ4v) is 4.10. The Morgan fingerprint density at radius 2 is 1.74 bits per heavy atom. The molecule has 0 atom stereocenters. The van der Waals surface area contributed by atoms with Crippen molar-refractivity contribution in [2.45, 2.75) is 25.3 Å². The SMILES string of the molecule is Cc1ccc(C)c(S(=O)(=O)Oc2ccccc2C(=O)OCc2cccc([N+](=O)[O-])c2)c1. The van der Waals surface area contributed by atoms with Crippen molar-refractivity contribution >= 4 is 21.8 Å². The summed E-state index contributed by atoms with van der Waals surface area (Å²) in [5, 5.41) is 10.9. The van der Waals surface area contributed by atoms with E-state index in [4.69, 9.17) is 8.92 Å². The summed E-state index contributed by atoms with van der Waals surface area (Å²) in [6, 6.07) is 16.4. The molecule has 0 spiro atoms. The van der Waals surface area contributed by atoms with Gasteiger partial charge in [-0.2, -0.15) is 8.42 Å². The first-order valence-corrected chi connectivity index (χ1v) is 10.6. The zero-order valence-corrected chi connectivity index (χ0v) is 17.6. The highest BCUT2D eigenvalue weighted by molar-refractivity contribution is 7.87. The van der Waals surface area contributed by atoms with Gasteiger partial charge in [-0.3, -0.25) is 10.1 Å². The van der Waals surface area contributed by atoms with Gasteiger partial charge < -0.3 is 8.92 Å². The minimum atomic E-state index is -4.19. The first-order valence-electron chi connectivity index (χ1n) is 9.18. The van der Waals surface area contributed by atoms with Crippen LogP contribution in [0.5, 0.6) is 5.75 Å². The highest BCUT2D eigenvalue weighted by Gasteiger charge is 2.23. The number of aryl methyl sites for hydroxylation is 2. The van der Waals surface area contributed by atoms with Crippen LogP contribution in [0.15, 0.2) is 71.6 Å². The largest absolute Gasteiger partial charge is 0.457 e.